The molecule has 0 fully saturated rings. The van der Waals surface area contributed by atoms with Gasteiger partial charge in [-0.2, -0.15) is 13.2 Å². The maximum atomic E-state index is 12.9. The molecular formula is C9H8F3N3O3S. The summed E-state index contributed by atoms with van der Waals surface area (Å²) in [6.07, 6.45) is -3.78. The summed E-state index contributed by atoms with van der Waals surface area (Å²) in [4.78, 5) is 12.9. The third-order valence-electron chi connectivity index (χ3n) is 2.53. The van der Waals surface area contributed by atoms with Crippen molar-refractivity contribution >= 4 is 15.4 Å². The number of alkyl halides is 3. The van der Waals surface area contributed by atoms with Gasteiger partial charge in [-0.3, -0.25) is 10.1 Å². The lowest BCUT2D eigenvalue weighted by Crippen LogP contribution is -2.16. The van der Waals surface area contributed by atoms with Gasteiger partial charge >= 0.3 is 6.18 Å². The van der Waals surface area contributed by atoms with Crippen molar-refractivity contribution in [3.8, 4) is 0 Å². The fourth-order valence-electron chi connectivity index (χ4n) is 1.69. The molecule has 1 aromatic heterocycles. The van der Waals surface area contributed by atoms with E-state index in [-0.39, 0.29) is 12.3 Å². The van der Waals surface area contributed by atoms with Crippen LogP contribution in [-0.2, 0) is 15.9 Å². The van der Waals surface area contributed by atoms with Gasteiger partial charge in [0.25, 0.3) is 5.69 Å². The summed E-state index contributed by atoms with van der Waals surface area (Å²) in [6, 6.07) is 0.350. The van der Waals surface area contributed by atoms with Crippen LogP contribution in [0.15, 0.2) is 21.7 Å². The minimum Gasteiger partial charge on any atom is -0.258 e. The summed E-state index contributed by atoms with van der Waals surface area (Å²) in [5, 5.41) is 9.79. The van der Waals surface area contributed by atoms with Crippen LogP contribution in [0.2, 0.25) is 0 Å². The molecule has 0 bridgehead atoms. The van der Waals surface area contributed by atoms with Crippen LogP contribution < -0.4 is 0 Å². The van der Waals surface area contributed by atoms with E-state index in [4.69, 9.17) is 0 Å². The van der Waals surface area contributed by atoms with Crippen molar-refractivity contribution in [3.05, 3.63) is 27.9 Å². The maximum Gasteiger partial charge on any atom is 0.419 e. The van der Waals surface area contributed by atoms with Gasteiger partial charge in [0.1, 0.15) is 11.2 Å². The third kappa shape index (κ3) is 2.53. The van der Waals surface area contributed by atoms with Crippen LogP contribution in [0.1, 0.15) is 12.0 Å². The molecule has 0 aromatic carbocycles. The number of hydrogen-bond acceptors (Lipinski definition) is 5. The van der Waals surface area contributed by atoms with E-state index < -0.39 is 37.1 Å². The molecule has 6 nitrogen and oxygen atoms in total. The monoisotopic (exact) mass is 295 g/mol. The van der Waals surface area contributed by atoms with Gasteiger partial charge in [-0.1, -0.05) is 0 Å². The largest absolute Gasteiger partial charge is 0.419 e. The predicted octanol–water partition coefficient (Wildman–Crippen LogP) is 2.24. The van der Waals surface area contributed by atoms with Crippen molar-refractivity contribution in [2.45, 2.75) is 17.6 Å². The SMILES string of the molecule is O=[N+]([O-])c1cnc(S2(=O)=NCCC2)c(C(F)(F)F)c1. The highest BCUT2D eigenvalue weighted by molar-refractivity contribution is 7.93. The molecule has 104 valence electrons. The Morgan fingerprint density at radius 2 is 2.11 bits per heavy atom. The topological polar surface area (TPSA) is 85.5 Å². The molecule has 0 amide bonds. The molecule has 0 saturated heterocycles. The summed E-state index contributed by atoms with van der Waals surface area (Å²) in [7, 11) is -3.22. The molecular weight excluding hydrogens is 287 g/mol. The molecule has 1 aliphatic rings. The number of nitrogens with zero attached hydrogens (tertiary/aromatic N) is 3. The van der Waals surface area contributed by atoms with Crippen molar-refractivity contribution in [2.75, 3.05) is 12.3 Å². The zero-order valence-corrected chi connectivity index (χ0v) is 10.2. The van der Waals surface area contributed by atoms with E-state index in [2.05, 4.69) is 9.35 Å². The lowest BCUT2D eigenvalue weighted by molar-refractivity contribution is -0.385. The van der Waals surface area contributed by atoms with Crippen LogP contribution in [0.4, 0.5) is 18.9 Å². The van der Waals surface area contributed by atoms with Crippen LogP contribution in [0, 0.1) is 10.1 Å². The normalized spacial score (nSPS) is 23.1. The molecule has 0 N–H and O–H groups in total. The lowest BCUT2D eigenvalue weighted by Gasteiger charge is -2.12. The van der Waals surface area contributed by atoms with Crippen molar-refractivity contribution in [2.24, 2.45) is 4.36 Å². The number of nitro groups is 1. The lowest BCUT2D eigenvalue weighted by atomic mass is 10.2. The number of rotatable bonds is 2. The summed E-state index contributed by atoms with van der Waals surface area (Å²) in [5.41, 5.74) is -2.14. The zero-order chi connectivity index (χ0) is 14.3. The average Bonchev–Trinajstić information content (AvgIpc) is 2.75. The van der Waals surface area contributed by atoms with Crippen molar-refractivity contribution in [1.29, 1.82) is 0 Å². The van der Waals surface area contributed by atoms with E-state index in [1.807, 2.05) is 0 Å². The van der Waals surface area contributed by atoms with Crippen LogP contribution in [-0.4, -0.2) is 26.4 Å². The Morgan fingerprint density at radius 3 is 2.58 bits per heavy atom. The Bertz CT molecular complexity index is 650. The smallest absolute Gasteiger partial charge is 0.258 e. The van der Waals surface area contributed by atoms with Crippen LogP contribution >= 0.6 is 0 Å². The van der Waals surface area contributed by atoms with Gasteiger partial charge < -0.3 is 0 Å². The first-order valence-corrected chi connectivity index (χ1v) is 6.85. The van der Waals surface area contributed by atoms with Gasteiger partial charge in [0.05, 0.1) is 20.2 Å². The van der Waals surface area contributed by atoms with Gasteiger partial charge in [-0.25, -0.2) is 13.6 Å². The zero-order valence-electron chi connectivity index (χ0n) is 9.38. The van der Waals surface area contributed by atoms with Crippen molar-refractivity contribution < 1.29 is 22.3 Å². The highest BCUT2D eigenvalue weighted by Crippen LogP contribution is 2.36. The van der Waals surface area contributed by atoms with Crippen LogP contribution in [0.5, 0.6) is 0 Å². The van der Waals surface area contributed by atoms with E-state index in [1.54, 1.807) is 0 Å². The summed E-state index contributed by atoms with van der Waals surface area (Å²) < 4.78 is 54.6. The minimum atomic E-state index is -4.86. The van der Waals surface area contributed by atoms with Gasteiger partial charge in [0.2, 0.25) is 0 Å². The second kappa shape index (κ2) is 4.44. The Kier molecular flexibility index (Phi) is 3.20. The molecule has 0 saturated carbocycles. The van der Waals surface area contributed by atoms with Crippen LogP contribution in [0.25, 0.3) is 0 Å². The number of aromatic nitrogens is 1. The Morgan fingerprint density at radius 1 is 1.42 bits per heavy atom. The average molecular weight is 295 g/mol. The predicted molar refractivity (Wildman–Crippen MR) is 59.1 cm³/mol. The van der Waals surface area contributed by atoms with E-state index in [1.165, 1.54) is 0 Å². The third-order valence-corrected chi connectivity index (χ3v) is 4.91. The standard InChI is InChI=1S/C9H8F3N3O3S/c10-9(11,12)7-4-6(15(16)17)5-13-8(7)19(18)3-1-2-14-19/h4-5H,1-3H2. The molecule has 2 heterocycles. The molecule has 1 atom stereocenters. The van der Waals surface area contributed by atoms with Gasteiger partial charge in [-0.15, -0.1) is 0 Å². The fraction of sp³-hybridized carbons (Fsp3) is 0.444. The molecule has 1 aromatic rings. The molecule has 1 unspecified atom stereocenters. The Labute approximate surface area is 106 Å². The Hall–Kier alpha value is -1.71. The second-order valence-electron chi connectivity index (χ2n) is 3.85. The first-order valence-electron chi connectivity index (χ1n) is 5.16. The van der Waals surface area contributed by atoms with E-state index in [0.717, 1.165) is 0 Å². The summed E-state index contributed by atoms with van der Waals surface area (Å²) in [5.74, 6) is -0.0130. The minimum absolute atomic E-state index is 0.0130. The van der Waals surface area contributed by atoms with E-state index in [9.17, 15) is 27.5 Å². The first-order chi connectivity index (χ1) is 8.74. The highest BCUT2D eigenvalue weighted by Gasteiger charge is 2.39. The molecule has 0 aliphatic carbocycles. The molecule has 2 rings (SSSR count). The highest BCUT2D eigenvalue weighted by atomic mass is 32.2. The maximum absolute atomic E-state index is 12.9. The van der Waals surface area contributed by atoms with E-state index in [0.29, 0.717) is 18.7 Å². The fourth-order valence-corrected chi connectivity index (χ4v) is 3.82. The number of halogens is 3. The number of pyridine rings is 1. The van der Waals surface area contributed by atoms with Crippen molar-refractivity contribution in [1.82, 2.24) is 4.98 Å². The quantitative estimate of drug-likeness (QED) is 0.618. The Balaban J connectivity index is 2.69. The van der Waals surface area contributed by atoms with Gasteiger partial charge in [0.15, 0.2) is 0 Å². The van der Waals surface area contributed by atoms with Gasteiger partial charge in [0, 0.05) is 18.4 Å². The molecule has 10 heteroatoms. The second-order valence-corrected chi connectivity index (χ2v) is 6.19. The summed E-state index contributed by atoms with van der Waals surface area (Å²) in [6.45, 7) is 0.203. The first kappa shape index (κ1) is 13.7. The van der Waals surface area contributed by atoms with E-state index >= 15 is 0 Å². The molecule has 0 spiro atoms. The molecule has 0 radical (unpaired) electrons. The molecule has 1 aliphatic heterocycles. The van der Waals surface area contributed by atoms with Crippen molar-refractivity contribution in [3.63, 3.8) is 0 Å². The van der Waals surface area contributed by atoms with Gasteiger partial charge in [-0.05, 0) is 6.42 Å². The van der Waals surface area contributed by atoms with Crippen LogP contribution in [0.3, 0.4) is 0 Å². The summed E-state index contributed by atoms with van der Waals surface area (Å²) >= 11 is 0. The number of hydrogen-bond donors (Lipinski definition) is 0. The molecule has 19 heavy (non-hydrogen) atoms.